The molecule has 0 atom stereocenters. The molecule has 0 N–H and O–H groups in total. The van der Waals surface area contributed by atoms with Crippen LogP contribution in [0.5, 0.6) is 0 Å². The number of ether oxygens (including phenoxy) is 1. The first-order chi connectivity index (χ1) is 15.0. The number of esters is 1. The molecule has 8 nitrogen and oxygen atoms in total. The number of anilines is 1. The standard InChI is InChI=1S/C22H13N3O5S/c26-18-11-14(23-22-24(18)8-9-31-22)12-30-21(29)13-4-3-5-15(10-13)25-19(27)16-6-1-2-7-17(16)20(25)28/h1-11H,12H2. The molecule has 2 aromatic heterocycles. The van der Waals surface area contributed by atoms with E-state index >= 15 is 0 Å². The van der Waals surface area contributed by atoms with Gasteiger partial charge in [0.15, 0.2) is 4.96 Å². The molecule has 0 fully saturated rings. The van der Waals surface area contributed by atoms with Crippen LogP contribution in [0.4, 0.5) is 5.69 Å². The SMILES string of the molecule is O=C(OCc1cc(=O)n2ccsc2n1)c1cccc(N2C(=O)c3ccccc3C2=O)c1. The molecule has 1 aliphatic heterocycles. The first-order valence-electron chi connectivity index (χ1n) is 9.24. The molecule has 0 saturated heterocycles. The Morgan fingerprint density at radius 1 is 0.968 bits per heavy atom. The molecule has 1 aliphatic rings. The third-order valence-electron chi connectivity index (χ3n) is 4.84. The van der Waals surface area contributed by atoms with Crippen molar-refractivity contribution in [2.75, 3.05) is 4.90 Å². The van der Waals surface area contributed by atoms with E-state index < -0.39 is 17.8 Å². The van der Waals surface area contributed by atoms with Crippen molar-refractivity contribution in [1.29, 1.82) is 0 Å². The summed E-state index contributed by atoms with van der Waals surface area (Å²) >= 11 is 1.30. The molecule has 0 spiro atoms. The molecule has 2 amide bonds. The van der Waals surface area contributed by atoms with Crippen molar-refractivity contribution in [3.63, 3.8) is 0 Å². The number of imide groups is 1. The van der Waals surface area contributed by atoms with Gasteiger partial charge in [-0.1, -0.05) is 18.2 Å². The summed E-state index contributed by atoms with van der Waals surface area (Å²) in [6.45, 7) is -0.181. The minimum Gasteiger partial charge on any atom is -0.456 e. The third kappa shape index (κ3) is 3.21. The lowest BCUT2D eigenvalue weighted by atomic mass is 10.1. The summed E-state index contributed by atoms with van der Waals surface area (Å²) in [6.07, 6.45) is 1.62. The van der Waals surface area contributed by atoms with Crippen LogP contribution in [0.1, 0.15) is 36.8 Å². The Morgan fingerprint density at radius 3 is 2.45 bits per heavy atom. The maximum Gasteiger partial charge on any atom is 0.338 e. The van der Waals surface area contributed by atoms with Gasteiger partial charge in [0.1, 0.15) is 6.61 Å². The van der Waals surface area contributed by atoms with E-state index in [4.69, 9.17) is 4.74 Å². The van der Waals surface area contributed by atoms with Crippen molar-refractivity contribution in [3.8, 4) is 0 Å². The van der Waals surface area contributed by atoms with Crippen molar-refractivity contribution in [2.24, 2.45) is 0 Å². The van der Waals surface area contributed by atoms with Crippen molar-refractivity contribution in [1.82, 2.24) is 9.38 Å². The number of carbonyl (C=O) groups excluding carboxylic acids is 3. The van der Waals surface area contributed by atoms with Crippen LogP contribution < -0.4 is 10.5 Å². The fraction of sp³-hybridized carbons (Fsp3) is 0.0455. The van der Waals surface area contributed by atoms with Crippen LogP contribution in [0.25, 0.3) is 4.96 Å². The Hall–Kier alpha value is -4.11. The molecule has 0 saturated carbocycles. The van der Waals surface area contributed by atoms with Gasteiger partial charge in [-0.3, -0.25) is 18.8 Å². The molecule has 31 heavy (non-hydrogen) atoms. The Labute approximate surface area is 179 Å². The Kier molecular flexibility index (Phi) is 4.45. The van der Waals surface area contributed by atoms with Crippen LogP contribution in [0.2, 0.25) is 0 Å². The highest BCUT2D eigenvalue weighted by molar-refractivity contribution is 7.15. The minimum atomic E-state index is -0.661. The lowest BCUT2D eigenvalue weighted by Crippen LogP contribution is -2.29. The van der Waals surface area contributed by atoms with Crippen molar-refractivity contribution < 1.29 is 19.1 Å². The van der Waals surface area contributed by atoms with Crippen LogP contribution in [-0.4, -0.2) is 27.2 Å². The first-order valence-corrected chi connectivity index (χ1v) is 10.1. The summed E-state index contributed by atoms with van der Waals surface area (Å²) in [5, 5.41) is 1.74. The molecule has 0 aliphatic carbocycles. The smallest absolute Gasteiger partial charge is 0.338 e. The number of thiazole rings is 1. The fourth-order valence-corrected chi connectivity index (χ4v) is 4.12. The van der Waals surface area contributed by atoms with Crippen LogP contribution in [-0.2, 0) is 11.3 Å². The van der Waals surface area contributed by atoms with Crippen molar-refractivity contribution in [2.45, 2.75) is 6.61 Å². The summed E-state index contributed by atoms with van der Waals surface area (Å²) in [4.78, 5) is 55.8. The number of nitrogens with zero attached hydrogens (tertiary/aromatic N) is 3. The number of benzene rings is 2. The Morgan fingerprint density at radius 2 is 1.71 bits per heavy atom. The van der Waals surface area contributed by atoms with E-state index in [0.717, 1.165) is 4.90 Å². The lowest BCUT2D eigenvalue weighted by Gasteiger charge is -2.14. The monoisotopic (exact) mass is 431 g/mol. The van der Waals surface area contributed by atoms with Crippen LogP contribution in [0.15, 0.2) is 71.0 Å². The molecule has 0 unspecified atom stereocenters. The zero-order chi connectivity index (χ0) is 21.5. The molecular weight excluding hydrogens is 418 g/mol. The van der Waals surface area contributed by atoms with Gasteiger partial charge in [-0.15, -0.1) is 11.3 Å². The summed E-state index contributed by atoms with van der Waals surface area (Å²) < 4.78 is 6.70. The van der Waals surface area contributed by atoms with E-state index in [1.807, 2.05) is 0 Å². The van der Waals surface area contributed by atoms with Crippen LogP contribution in [0, 0.1) is 0 Å². The quantitative estimate of drug-likeness (QED) is 0.364. The highest BCUT2D eigenvalue weighted by atomic mass is 32.1. The van der Waals surface area contributed by atoms with Crippen LogP contribution >= 0.6 is 11.3 Å². The summed E-state index contributed by atoms with van der Waals surface area (Å²) in [7, 11) is 0. The maximum absolute atomic E-state index is 12.7. The molecule has 0 radical (unpaired) electrons. The minimum absolute atomic E-state index is 0.169. The molecule has 3 heterocycles. The van der Waals surface area contributed by atoms with Crippen molar-refractivity contribution in [3.05, 3.63) is 98.9 Å². The van der Waals surface area contributed by atoms with Gasteiger partial charge in [0.05, 0.1) is 28.1 Å². The summed E-state index contributed by atoms with van der Waals surface area (Å²) in [6, 6.07) is 14.0. The van der Waals surface area contributed by atoms with E-state index in [0.29, 0.717) is 21.8 Å². The Balaban J connectivity index is 1.36. The number of hydrogen-bond acceptors (Lipinski definition) is 7. The molecule has 5 rings (SSSR count). The number of amides is 2. The topological polar surface area (TPSA) is 98.1 Å². The number of carbonyl (C=O) groups is 3. The first kappa shape index (κ1) is 18.9. The second kappa shape index (κ2) is 7.29. The zero-order valence-electron chi connectivity index (χ0n) is 15.8. The average Bonchev–Trinajstić information content (AvgIpc) is 3.36. The highest BCUT2D eigenvalue weighted by Crippen LogP contribution is 2.28. The highest BCUT2D eigenvalue weighted by Gasteiger charge is 2.36. The molecule has 152 valence electrons. The maximum atomic E-state index is 12.7. The number of rotatable bonds is 4. The number of aromatic nitrogens is 2. The second-order valence-electron chi connectivity index (χ2n) is 6.76. The predicted octanol–water partition coefficient (Wildman–Crippen LogP) is 2.91. The van der Waals surface area contributed by atoms with E-state index in [1.54, 1.807) is 48.0 Å². The third-order valence-corrected chi connectivity index (χ3v) is 5.60. The molecule has 9 heteroatoms. The molecule has 0 bridgehead atoms. The number of hydrogen-bond donors (Lipinski definition) is 0. The van der Waals surface area contributed by atoms with Gasteiger partial charge in [0, 0.05) is 17.6 Å². The average molecular weight is 431 g/mol. The van der Waals surface area contributed by atoms with E-state index in [2.05, 4.69) is 4.98 Å². The molecular formula is C22H13N3O5S. The molecule has 2 aromatic carbocycles. The Bertz CT molecular complexity index is 1400. The normalized spacial score (nSPS) is 13.0. The van der Waals surface area contributed by atoms with Gasteiger partial charge in [-0.05, 0) is 30.3 Å². The predicted molar refractivity (Wildman–Crippen MR) is 112 cm³/mol. The van der Waals surface area contributed by atoms with Gasteiger partial charge < -0.3 is 4.74 Å². The van der Waals surface area contributed by atoms with E-state index in [-0.39, 0.29) is 23.4 Å². The van der Waals surface area contributed by atoms with Gasteiger partial charge in [-0.25, -0.2) is 14.7 Å². The fourth-order valence-electron chi connectivity index (χ4n) is 3.38. The van der Waals surface area contributed by atoms with E-state index in [9.17, 15) is 19.2 Å². The van der Waals surface area contributed by atoms with Gasteiger partial charge in [0.2, 0.25) is 0 Å². The zero-order valence-corrected chi connectivity index (χ0v) is 16.7. The second-order valence-corrected chi connectivity index (χ2v) is 7.63. The lowest BCUT2D eigenvalue weighted by molar-refractivity contribution is 0.0467. The van der Waals surface area contributed by atoms with E-state index in [1.165, 1.54) is 33.9 Å². The molecule has 4 aromatic rings. The largest absolute Gasteiger partial charge is 0.456 e. The number of fused-ring (bicyclic) bond motifs is 2. The van der Waals surface area contributed by atoms with Gasteiger partial charge in [0.25, 0.3) is 17.4 Å². The van der Waals surface area contributed by atoms with Crippen molar-refractivity contribution >= 4 is 39.8 Å². The summed E-state index contributed by atoms with van der Waals surface area (Å²) in [5.74, 6) is -1.55. The van der Waals surface area contributed by atoms with Gasteiger partial charge in [-0.2, -0.15) is 0 Å². The van der Waals surface area contributed by atoms with Crippen LogP contribution in [0.3, 0.4) is 0 Å². The summed E-state index contributed by atoms with van der Waals surface area (Å²) in [5.41, 5.74) is 1.16. The van der Waals surface area contributed by atoms with Gasteiger partial charge >= 0.3 is 5.97 Å².